The summed E-state index contributed by atoms with van der Waals surface area (Å²) in [6.45, 7) is 5.78. The summed E-state index contributed by atoms with van der Waals surface area (Å²) in [5.41, 5.74) is 0. The molecular weight excluding hydrogens is 236 g/mol. The van der Waals surface area contributed by atoms with Crippen molar-refractivity contribution in [2.45, 2.75) is 26.8 Å². The van der Waals surface area contributed by atoms with Crippen molar-refractivity contribution in [3.05, 3.63) is 17.8 Å². The predicted octanol–water partition coefficient (Wildman–Crippen LogP) is 0.906. The van der Waals surface area contributed by atoms with Crippen LogP contribution in [0.5, 0.6) is 0 Å². The highest BCUT2D eigenvalue weighted by atomic mass is 16.6. The van der Waals surface area contributed by atoms with E-state index in [9.17, 15) is 4.79 Å². The maximum atomic E-state index is 10.9. The van der Waals surface area contributed by atoms with Gasteiger partial charge in [0.05, 0.1) is 26.0 Å². The lowest BCUT2D eigenvalue weighted by molar-refractivity contribution is -0.148. The molecule has 0 saturated heterocycles. The lowest BCUT2D eigenvalue weighted by Gasteiger charge is -2.04. The summed E-state index contributed by atoms with van der Waals surface area (Å²) in [6.07, 6.45) is 2.57. The van der Waals surface area contributed by atoms with Gasteiger partial charge in [-0.1, -0.05) is 6.92 Å². The van der Waals surface area contributed by atoms with Crippen LogP contribution in [-0.4, -0.2) is 37.3 Å². The van der Waals surface area contributed by atoms with Crippen molar-refractivity contribution < 1.29 is 18.7 Å². The molecule has 0 fully saturated rings. The number of carbonyl (C=O) groups is 1. The van der Waals surface area contributed by atoms with Gasteiger partial charge in [0.25, 0.3) is 0 Å². The van der Waals surface area contributed by atoms with Crippen molar-refractivity contribution in [2.75, 3.05) is 26.4 Å². The Morgan fingerprint density at radius 2 is 2.33 bits per heavy atom. The molecule has 0 aliphatic heterocycles. The molecule has 0 unspecified atom stereocenters. The maximum absolute atomic E-state index is 10.9. The van der Waals surface area contributed by atoms with Crippen molar-refractivity contribution in [2.24, 2.45) is 0 Å². The van der Waals surface area contributed by atoms with Gasteiger partial charge in [-0.05, 0) is 6.92 Å². The number of esters is 1. The zero-order chi connectivity index (χ0) is 13.2. The predicted molar refractivity (Wildman–Crippen MR) is 65.0 cm³/mol. The van der Waals surface area contributed by atoms with Crippen molar-refractivity contribution in [1.82, 2.24) is 10.3 Å². The van der Waals surface area contributed by atoms with E-state index in [1.165, 1.54) is 0 Å². The highest BCUT2D eigenvalue weighted by Gasteiger charge is 2.02. The van der Waals surface area contributed by atoms with Crippen LogP contribution >= 0.6 is 0 Å². The van der Waals surface area contributed by atoms with E-state index >= 15 is 0 Å². The van der Waals surface area contributed by atoms with Crippen molar-refractivity contribution >= 4 is 5.97 Å². The summed E-state index contributed by atoms with van der Waals surface area (Å²) in [5.74, 6) is 1.21. The molecule has 1 aromatic rings. The minimum absolute atomic E-state index is 0.00545. The van der Waals surface area contributed by atoms with Gasteiger partial charge in [-0.2, -0.15) is 0 Å². The molecular formula is C12H20N2O4. The van der Waals surface area contributed by atoms with E-state index in [-0.39, 0.29) is 12.6 Å². The van der Waals surface area contributed by atoms with Gasteiger partial charge in [0.1, 0.15) is 12.4 Å². The summed E-state index contributed by atoms with van der Waals surface area (Å²) in [6, 6.07) is 0. The second-order valence-corrected chi connectivity index (χ2v) is 3.61. The SMILES string of the molecule is CCOC(=O)COCCNCc1ncc(CC)o1. The second-order valence-electron chi connectivity index (χ2n) is 3.61. The van der Waals surface area contributed by atoms with Crippen LogP contribution in [0.3, 0.4) is 0 Å². The van der Waals surface area contributed by atoms with Crippen LogP contribution in [0, 0.1) is 0 Å². The number of hydrogen-bond donors (Lipinski definition) is 1. The number of nitrogens with zero attached hydrogens (tertiary/aromatic N) is 1. The van der Waals surface area contributed by atoms with E-state index in [0.717, 1.165) is 12.2 Å². The molecule has 1 N–H and O–H groups in total. The molecule has 0 saturated carbocycles. The highest BCUT2D eigenvalue weighted by Crippen LogP contribution is 2.03. The first-order valence-corrected chi connectivity index (χ1v) is 6.13. The molecule has 1 rings (SSSR count). The van der Waals surface area contributed by atoms with E-state index in [0.29, 0.717) is 32.2 Å². The number of ether oxygens (including phenoxy) is 2. The number of rotatable bonds is 9. The second kappa shape index (κ2) is 8.66. The molecule has 18 heavy (non-hydrogen) atoms. The van der Waals surface area contributed by atoms with Crippen LogP contribution in [-0.2, 0) is 27.2 Å². The van der Waals surface area contributed by atoms with E-state index in [2.05, 4.69) is 10.3 Å². The van der Waals surface area contributed by atoms with Crippen molar-refractivity contribution in [3.8, 4) is 0 Å². The Morgan fingerprint density at radius 3 is 3.00 bits per heavy atom. The Kier molecular flexibility index (Phi) is 7.05. The monoisotopic (exact) mass is 256 g/mol. The summed E-state index contributed by atoms with van der Waals surface area (Å²) in [4.78, 5) is 15.1. The average Bonchev–Trinajstić information content (AvgIpc) is 2.82. The standard InChI is InChI=1S/C12H20N2O4/c1-3-10-7-14-11(18-10)8-13-5-6-16-9-12(15)17-4-2/h7,13H,3-6,8-9H2,1-2H3. The zero-order valence-electron chi connectivity index (χ0n) is 10.9. The Bertz CT molecular complexity index is 352. The van der Waals surface area contributed by atoms with E-state index in [1.807, 2.05) is 6.92 Å². The van der Waals surface area contributed by atoms with Crippen LogP contribution in [0.1, 0.15) is 25.5 Å². The third kappa shape index (κ3) is 5.79. The fourth-order valence-electron chi connectivity index (χ4n) is 1.29. The molecule has 0 amide bonds. The first-order chi connectivity index (χ1) is 8.76. The molecule has 6 heteroatoms. The summed E-state index contributed by atoms with van der Waals surface area (Å²) < 4.78 is 15.3. The van der Waals surface area contributed by atoms with Crippen LogP contribution in [0.25, 0.3) is 0 Å². The van der Waals surface area contributed by atoms with Gasteiger partial charge in [0.2, 0.25) is 5.89 Å². The normalized spacial score (nSPS) is 10.6. The van der Waals surface area contributed by atoms with Gasteiger partial charge in [-0.3, -0.25) is 0 Å². The first-order valence-electron chi connectivity index (χ1n) is 6.13. The number of hydrogen-bond acceptors (Lipinski definition) is 6. The molecule has 0 bridgehead atoms. The number of carbonyl (C=O) groups excluding carboxylic acids is 1. The van der Waals surface area contributed by atoms with Gasteiger partial charge >= 0.3 is 5.97 Å². The number of oxazole rings is 1. The highest BCUT2D eigenvalue weighted by molar-refractivity contribution is 5.70. The van der Waals surface area contributed by atoms with Gasteiger partial charge < -0.3 is 19.2 Å². The molecule has 1 heterocycles. The third-order valence-corrected chi connectivity index (χ3v) is 2.17. The number of aromatic nitrogens is 1. The van der Waals surface area contributed by atoms with Crippen LogP contribution in [0.4, 0.5) is 0 Å². The quantitative estimate of drug-likeness (QED) is 0.523. The summed E-state index contributed by atoms with van der Waals surface area (Å²) in [7, 11) is 0. The first kappa shape index (κ1) is 14.7. The molecule has 6 nitrogen and oxygen atoms in total. The molecule has 0 aliphatic carbocycles. The molecule has 102 valence electrons. The minimum Gasteiger partial charge on any atom is -0.464 e. The zero-order valence-corrected chi connectivity index (χ0v) is 10.9. The van der Waals surface area contributed by atoms with Crippen LogP contribution in [0.15, 0.2) is 10.6 Å². The van der Waals surface area contributed by atoms with E-state index in [4.69, 9.17) is 13.9 Å². The van der Waals surface area contributed by atoms with Crippen LogP contribution in [0.2, 0.25) is 0 Å². The molecule has 0 spiro atoms. The maximum Gasteiger partial charge on any atom is 0.332 e. The largest absolute Gasteiger partial charge is 0.464 e. The molecule has 0 aliphatic rings. The summed E-state index contributed by atoms with van der Waals surface area (Å²) in [5, 5.41) is 3.11. The Balaban J connectivity index is 2.00. The Labute approximate surface area is 107 Å². The van der Waals surface area contributed by atoms with Gasteiger partial charge in [-0.15, -0.1) is 0 Å². The van der Waals surface area contributed by atoms with Gasteiger partial charge in [0.15, 0.2) is 0 Å². The number of aryl methyl sites for hydroxylation is 1. The topological polar surface area (TPSA) is 73.6 Å². The van der Waals surface area contributed by atoms with Crippen molar-refractivity contribution in [3.63, 3.8) is 0 Å². The van der Waals surface area contributed by atoms with Gasteiger partial charge in [-0.25, -0.2) is 9.78 Å². The molecule has 0 atom stereocenters. The van der Waals surface area contributed by atoms with Crippen molar-refractivity contribution in [1.29, 1.82) is 0 Å². The molecule has 0 radical (unpaired) electrons. The van der Waals surface area contributed by atoms with E-state index in [1.54, 1.807) is 13.1 Å². The van der Waals surface area contributed by atoms with E-state index < -0.39 is 0 Å². The average molecular weight is 256 g/mol. The van der Waals surface area contributed by atoms with Gasteiger partial charge in [0, 0.05) is 13.0 Å². The fraction of sp³-hybridized carbons (Fsp3) is 0.667. The van der Waals surface area contributed by atoms with Crippen LogP contribution < -0.4 is 5.32 Å². The third-order valence-electron chi connectivity index (χ3n) is 2.17. The molecule has 1 aromatic heterocycles. The Morgan fingerprint density at radius 1 is 1.50 bits per heavy atom. The lowest BCUT2D eigenvalue weighted by Crippen LogP contribution is -2.21. The lowest BCUT2D eigenvalue weighted by atomic mass is 10.4. The minimum atomic E-state index is -0.335. The smallest absolute Gasteiger partial charge is 0.332 e. The summed E-state index contributed by atoms with van der Waals surface area (Å²) >= 11 is 0. The Hall–Kier alpha value is -1.40. The number of nitrogens with one attached hydrogen (secondary N) is 1. The fourth-order valence-corrected chi connectivity index (χ4v) is 1.29. The molecule has 0 aromatic carbocycles.